The molecule has 0 rings (SSSR count). The Morgan fingerprint density at radius 1 is 1.00 bits per heavy atom. The summed E-state index contributed by atoms with van der Waals surface area (Å²) in [4.78, 5) is 0. The van der Waals surface area contributed by atoms with Gasteiger partial charge in [-0.05, 0) is 24.2 Å². The maximum absolute atomic E-state index is 5.57. The summed E-state index contributed by atoms with van der Waals surface area (Å²) in [7, 11) is 0. The molecule has 1 unspecified atom stereocenters. The Morgan fingerprint density at radius 3 is 2.00 bits per heavy atom. The first-order valence-electron chi connectivity index (χ1n) is 5.11. The van der Waals surface area contributed by atoms with E-state index in [1.807, 2.05) is 0 Å². The minimum Gasteiger partial charge on any atom is -0.381 e. The molecule has 1 heteroatoms. The Morgan fingerprint density at radius 2 is 1.58 bits per heavy atom. The molecule has 0 saturated heterocycles. The molecular formula is C11H24O. The van der Waals surface area contributed by atoms with Crippen molar-refractivity contribution in [2.24, 2.45) is 17.8 Å². The SMILES string of the molecule is CC(C)CCOCC(C)C(C)C. The fraction of sp³-hybridized carbons (Fsp3) is 1.00. The van der Waals surface area contributed by atoms with Crippen LogP contribution >= 0.6 is 0 Å². The highest BCUT2D eigenvalue weighted by Crippen LogP contribution is 2.10. The summed E-state index contributed by atoms with van der Waals surface area (Å²) < 4.78 is 5.57. The van der Waals surface area contributed by atoms with Gasteiger partial charge in [0.1, 0.15) is 0 Å². The quantitative estimate of drug-likeness (QED) is 0.558. The highest BCUT2D eigenvalue weighted by Gasteiger charge is 2.06. The Kier molecular flexibility index (Phi) is 6.45. The van der Waals surface area contributed by atoms with Gasteiger partial charge in [-0.25, -0.2) is 0 Å². The van der Waals surface area contributed by atoms with Crippen molar-refractivity contribution < 1.29 is 4.74 Å². The molecule has 0 N–H and O–H groups in total. The molecule has 0 aliphatic heterocycles. The molecule has 0 aliphatic rings. The summed E-state index contributed by atoms with van der Waals surface area (Å²) in [5.74, 6) is 2.19. The van der Waals surface area contributed by atoms with E-state index in [1.54, 1.807) is 0 Å². The Hall–Kier alpha value is -0.0400. The maximum atomic E-state index is 5.57. The van der Waals surface area contributed by atoms with E-state index in [9.17, 15) is 0 Å². The second-order valence-electron chi connectivity index (χ2n) is 4.48. The highest BCUT2D eigenvalue weighted by molar-refractivity contribution is 4.55. The van der Waals surface area contributed by atoms with Crippen LogP contribution in [-0.4, -0.2) is 13.2 Å². The van der Waals surface area contributed by atoms with Crippen molar-refractivity contribution in [3.63, 3.8) is 0 Å². The number of ether oxygens (including phenoxy) is 1. The minimum absolute atomic E-state index is 0.692. The minimum atomic E-state index is 0.692. The zero-order valence-corrected chi connectivity index (χ0v) is 9.26. The van der Waals surface area contributed by atoms with Gasteiger partial charge in [-0.3, -0.25) is 0 Å². The fourth-order valence-electron chi connectivity index (χ4n) is 0.781. The van der Waals surface area contributed by atoms with Crippen LogP contribution < -0.4 is 0 Å². The Bertz CT molecular complexity index is 97.2. The van der Waals surface area contributed by atoms with E-state index in [-0.39, 0.29) is 0 Å². The number of hydrogen-bond donors (Lipinski definition) is 0. The van der Waals surface area contributed by atoms with Gasteiger partial charge in [0, 0.05) is 13.2 Å². The highest BCUT2D eigenvalue weighted by atomic mass is 16.5. The van der Waals surface area contributed by atoms with E-state index in [2.05, 4.69) is 34.6 Å². The first-order valence-corrected chi connectivity index (χ1v) is 5.11. The van der Waals surface area contributed by atoms with E-state index >= 15 is 0 Å². The predicted molar refractivity (Wildman–Crippen MR) is 54.3 cm³/mol. The lowest BCUT2D eigenvalue weighted by molar-refractivity contribution is 0.0823. The zero-order chi connectivity index (χ0) is 9.56. The molecule has 0 radical (unpaired) electrons. The third kappa shape index (κ3) is 6.66. The van der Waals surface area contributed by atoms with E-state index in [4.69, 9.17) is 4.74 Å². The lowest BCUT2D eigenvalue weighted by Crippen LogP contribution is -2.13. The number of hydrogen-bond acceptors (Lipinski definition) is 1. The normalized spacial score (nSPS) is 14.2. The summed E-state index contributed by atoms with van der Waals surface area (Å²) in [5, 5.41) is 0. The average molecular weight is 172 g/mol. The molecule has 12 heavy (non-hydrogen) atoms. The van der Waals surface area contributed by atoms with Crippen molar-refractivity contribution >= 4 is 0 Å². The van der Waals surface area contributed by atoms with Crippen LogP contribution in [0.2, 0.25) is 0 Å². The second-order valence-corrected chi connectivity index (χ2v) is 4.48. The molecule has 0 aromatic heterocycles. The van der Waals surface area contributed by atoms with E-state index in [0.717, 1.165) is 25.0 Å². The molecule has 0 fully saturated rings. The fourth-order valence-corrected chi connectivity index (χ4v) is 0.781. The van der Waals surface area contributed by atoms with Gasteiger partial charge in [0.2, 0.25) is 0 Å². The molecule has 0 bridgehead atoms. The standard InChI is InChI=1S/C11H24O/c1-9(2)6-7-12-8-11(5)10(3)4/h9-11H,6-8H2,1-5H3. The molecule has 0 aromatic carbocycles. The largest absolute Gasteiger partial charge is 0.381 e. The van der Waals surface area contributed by atoms with Crippen LogP contribution in [0.3, 0.4) is 0 Å². The van der Waals surface area contributed by atoms with E-state index < -0.39 is 0 Å². The molecular weight excluding hydrogens is 148 g/mol. The van der Waals surface area contributed by atoms with Gasteiger partial charge < -0.3 is 4.74 Å². The van der Waals surface area contributed by atoms with Crippen molar-refractivity contribution in [1.82, 2.24) is 0 Å². The topological polar surface area (TPSA) is 9.23 Å². The van der Waals surface area contributed by atoms with Crippen LogP contribution in [0.1, 0.15) is 41.0 Å². The van der Waals surface area contributed by atoms with Crippen LogP contribution in [0.15, 0.2) is 0 Å². The molecule has 0 aliphatic carbocycles. The van der Waals surface area contributed by atoms with E-state index in [0.29, 0.717) is 5.92 Å². The van der Waals surface area contributed by atoms with Gasteiger partial charge in [-0.15, -0.1) is 0 Å². The van der Waals surface area contributed by atoms with Gasteiger partial charge in [-0.1, -0.05) is 34.6 Å². The molecule has 74 valence electrons. The molecule has 0 aromatic rings. The molecule has 0 heterocycles. The maximum Gasteiger partial charge on any atom is 0.0494 e. The molecule has 1 nitrogen and oxygen atoms in total. The molecule has 0 saturated carbocycles. The third-order valence-electron chi connectivity index (χ3n) is 2.36. The van der Waals surface area contributed by atoms with Crippen LogP contribution in [0.25, 0.3) is 0 Å². The third-order valence-corrected chi connectivity index (χ3v) is 2.36. The van der Waals surface area contributed by atoms with E-state index in [1.165, 1.54) is 6.42 Å². The molecule has 0 amide bonds. The summed E-state index contributed by atoms with van der Waals surface area (Å²) in [6, 6.07) is 0. The second kappa shape index (κ2) is 6.47. The van der Waals surface area contributed by atoms with Crippen LogP contribution in [0.4, 0.5) is 0 Å². The number of rotatable bonds is 6. The van der Waals surface area contributed by atoms with Gasteiger partial charge >= 0.3 is 0 Å². The first kappa shape index (κ1) is 12.0. The van der Waals surface area contributed by atoms with Crippen LogP contribution in [0.5, 0.6) is 0 Å². The first-order chi connectivity index (χ1) is 5.54. The summed E-state index contributed by atoms with van der Waals surface area (Å²) in [6.45, 7) is 13.1. The lowest BCUT2D eigenvalue weighted by Gasteiger charge is -2.15. The Labute approximate surface area is 77.5 Å². The van der Waals surface area contributed by atoms with Crippen molar-refractivity contribution in [2.75, 3.05) is 13.2 Å². The van der Waals surface area contributed by atoms with Crippen molar-refractivity contribution in [1.29, 1.82) is 0 Å². The monoisotopic (exact) mass is 172 g/mol. The average Bonchev–Trinajstić information content (AvgIpc) is 1.97. The summed E-state index contributed by atoms with van der Waals surface area (Å²) >= 11 is 0. The van der Waals surface area contributed by atoms with Crippen LogP contribution in [0, 0.1) is 17.8 Å². The van der Waals surface area contributed by atoms with Crippen molar-refractivity contribution in [3.8, 4) is 0 Å². The smallest absolute Gasteiger partial charge is 0.0494 e. The van der Waals surface area contributed by atoms with Crippen LogP contribution in [-0.2, 0) is 4.74 Å². The molecule has 0 spiro atoms. The predicted octanol–water partition coefficient (Wildman–Crippen LogP) is 3.34. The van der Waals surface area contributed by atoms with Gasteiger partial charge in [-0.2, -0.15) is 0 Å². The molecule has 1 atom stereocenters. The summed E-state index contributed by atoms with van der Waals surface area (Å²) in [6.07, 6.45) is 1.19. The lowest BCUT2D eigenvalue weighted by atomic mass is 9.99. The zero-order valence-electron chi connectivity index (χ0n) is 9.26. The Balaban J connectivity index is 3.20. The van der Waals surface area contributed by atoms with Gasteiger partial charge in [0.05, 0.1) is 0 Å². The summed E-state index contributed by atoms with van der Waals surface area (Å²) in [5.41, 5.74) is 0. The van der Waals surface area contributed by atoms with Gasteiger partial charge in [0.25, 0.3) is 0 Å². The van der Waals surface area contributed by atoms with Crippen molar-refractivity contribution in [3.05, 3.63) is 0 Å². The van der Waals surface area contributed by atoms with Crippen molar-refractivity contribution in [2.45, 2.75) is 41.0 Å². The van der Waals surface area contributed by atoms with Gasteiger partial charge in [0.15, 0.2) is 0 Å².